The fourth-order valence-electron chi connectivity index (χ4n) is 3.94. The van der Waals surface area contributed by atoms with Crippen LogP contribution in [0.1, 0.15) is 50.7 Å². The van der Waals surface area contributed by atoms with Gasteiger partial charge in [-0.25, -0.2) is 4.99 Å². The molecule has 0 bridgehead atoms. The van der Waals surface area contributed by atoms with Crippen LogP contribution in [-0.2, 0) is 12.0 Å². The second kappa shape index (κ2) is 8.86. The van der Waals surface area contributed by atoms with E-state index in [1.165, 1.54) is 12.4 Å². The minimum absolute atomic E-state index is 0.191. The molecule has 0 aliphatic heterocycles. The van der Waals surface area contributed by atoms with Crippen LogP contribution in [0, 0.1) is 5.92 Å². The number of rotatable bonds is 9. The van der Waals surface area contributed by atoms with Crippen molar-refractivity contribution in [2.24, 2.45) is 22.4 Å². The third-order valence-electron chi connectivity index (χ3n) is 5.92. The molecule has 1 fully saturated rings. The third kappa shape index (κ3) is 4.91. The Morgan fingerprint density at radius 1 is 1.32 bits per heavy atom. The summed E-state index contributed by atoms with van der Waals surface area (Å²) in [5.41, 5.74) is 12.9. The van der Waals surface area contributed by atoms with Crippen LogP contribution in [0.2, 0.25) is 0 Å². The summed E-state index contributed by atoms with van der Waals surface area (Å²) in [5, 5.41) is 18.7. The molecule has 1 atom stereocenters. The van der Waals surface area contributed by atoms with Gasteiger partial charge in [0.05, 0.1) is 35.0 Å². The number of aliphatic imine (C=N–C) groups is 1. The molecule has 0 radical (unpaired) electrons. The van der Waals surface area contributed by atoms with E-state index in [0.717, 1.165) is 18.4 Å². The quantitative estimate of drug-likeness (QED) is 0.410. The van der Waals surface area contributed by atoms with Crippen LogP contribution in [0.5, 0.6) is 0 Å². The van der Waals surface area contributed by atoms with Gasteiger partial charge in [0.1, 0.15) is 5.82 Å². The number of hydrogen-bond donors (Lipinski definition) is 3. The number of hydrogen-bond acceptors (Lipinski definition) is 9. The summed E-state index contributed by atoms with van der Waals surface area (Å²) in [5.74, 6) is 1.57. The number of pyridine rings is 1. The lowest BCUT2D eigenvalue weighted by Gasteiger charge is -2.26. The van der Waals surface area contributed by atoms with Gasteiger partial charge in [0, 0.05) is 30.4 Å². The standard InChI is InChI=1S/C24H30N8O2/c1-15(26)27-10-16(9-25)20-8-7-19(12-28-20)24(4,18-5-6-18)22-30-21(34-31-22)17-11-29-32(13-17)14-23(2,3)33/h7-13,18,33H,1,5-6,14,25-26H2,2-4H3/b16-9+,27-10-/t24-/m0/s1. The van der Waals surface area contributed by atoms with E-state index in [-0.39, 0.29) is 5.82 Å². The molecule has 0 aromatic carbocycles. The van der Waals surface area contributed by atoms with Gasteiger partial charge in [0.2, 0.25) is 0 Å². The highest BCUT2D eigenvalue weighted by atomic mass is 16.5. The van der Waals surface area contributed by atoms with Gasteiger partial charge in [0.25, 0.3) is 5.89 Å². The van der Waals surface area contributed by atoms with Crippen molar-refractivity contribution in [2.75, 3.05) is 0 Å². The molecule has 3 heterocycles. The number of nitrogens with two attached hydrogens (primary N) is 2. The molecule has 10 nitrogen and oxygen atoms in total. The number of allylic oxidation sites excluding steroid dienone is 1. The Kier molecular flexibility index (Phi) is 6.09. The van der Waals surface area contributed by atoms with Gasteiger partial charge in [-0.1, -0.05) is 17.8 Å². The van der Waals surface area contributed by atoms with Crippen molar-refractivity contribution in [1.29, 1.82) is 0 Å². The average Bonchev–Trinajstić information content (AvgIpc) is 3.34. The van der Waals surface area contributed by atoms with Crippen LogP contribution in [0.4, 0.5) is 0 Å². The first-order valence-electron chi connectivity index (χ1n) is 11.1. The Hall–Kier alpha value is -3.79. The van der Waals surface area contributed by atoms with E-state index >= 15 is 0 Å². The van der Waals surface area contributed by atoms with Gasteiger partial charge in [-0.05, 0) is 51.2 Å². The molecule has 34 heavy (non-hydrogen) atoms. The van der Waals surface area contributed by atoms with Crippen molar-refractivity contribution in [3.8, 4) is 11.5 Å². The van der Waals surface area contributed by atoms with E-state index < -0.39 is 11.0 Å². The first-order chi connectivity index (χ1) is 16.1. The highest BCUT2D eigenvalue weighted by Crippen LogP contribution is 2.50. The summed E-state index contributed by atoms with van der Waals surface area (Å²) in [6.07, 6.45) is 10.4. The Morgan fingerprint density at radius 3 is 2.68 bits per heavy atom. The van der Waals surface area contributed by atoms with Crippen LogP contribution in [0.25, 0.3) is 17.0 Å². The Labute approximate surface area is 198 Å². The highest BCUT2D eigenvalue weighted by molar-refractivity contribution is 6.09. The SMILES string of the molecule is C=C(N)/N=C\C(=C/N)c1ccc([C@@](C)(c2noc(-c3cnn(CC(C)(C)O)c3)n2)C2CC2)cn1. The van der Waals surface area contributed by atoms with Gasteiger partial charge in [0.15, 0.2) is 5.82 Å². The average molecular weight is 463 g/mol. The molecule has 10 heteroatoms. The summed E-state index contributed by atoms with van der Waals surface area (Å²) in [6.45, 7) is 9.49. The zero-order valence-corrected chi connectivity index (χ0v) is 19.6. The summed E-state index contributed by atoms with van der Waals surface area (Å²) < 4.78 is 7.27. The van der Waals surface area contributed by atoms with Gasteiger partial charge < -0.3 is 21.1 Å². The maximum Gasteiger partial charge on any atom is 0.261 e. The molecule has 1 aliphatic rings. The molecule has 1 aliphatic carbocycles. The van der Waals surface area contributed by atoms with E-state index in [1.54, 1.807) is 30.9 Å². The first-order valence-corrected chi connectivity index (χ1v) is 11.1. The van der Waals surface area contributed by atoms with E-state index in [2.05, 4.69) is 33.7 Å². The summed E-state index contributed by atoms with van der Waals surface area (Å²) in [6, 6.07) is 3.90. The maximum atomic E-state index is 10.0. The molecule has 178 valence electrons. The van der Waals surface area contributed by atoms with Gasteiger partial charge in [-0.15, -0.1) is 0 Å². The van der Waals surface area contributed by atoms with Crippen molar-refractivity contribution in [3.63, 3.8) is 0 Å². The molecule has 0 saturated heterocycles. The fraction of sp³-hybridized carbons (Fsp3) is 0.375. The molecule has 1 saturated carbocycles. The number of aliphatic hydroxyl groups is 1. The van der Waals surface area contributed by atoms with Gasteiger partial charge in [-0.3, -0.25) is 9.67 Å². The third-order valence-corrected chi connectivity index (χ3v) is 5.92. The maximum absolute atomic E-state index is 10.0. The molecule has 0 unspecified atom stereocenters. The lowest BCUT2D eigenvalue weighted by Crippen LogP contribution is -2.28. The van der Waals surface area contributed by atoms with E-state index in [1.807, 2.05) is 18.3 Å². The largest absolute Gasteiger partial charge is 0.404 e. The zero-order valence-electron chi connectivity index (χ0n) is 19.6. The highest BCUT2D eigenvalue weighted by Gasteiger charge is 2.47. The lowest BCUT2D eigenvalue weighted by molar-refractivity contribution is 0.0577. The molecule has 3 aromatic rings. The molecule has 0 amide bonds. The van der Waals surface area contributed by atoms with Crippen LogP contribution in [0.3, 0.4) is 0 Å². The normalized spacial score (nSPS) is 16.6. The van der Waals surface area contributed by atoms with E-state index in [0.29, 0.717) is 41.0 Å². The zero-order chi connectivity index (χ0) is 24.5. The Bertz CT molecular complexity index is 1230. The minimum Gasteiger partial charge on any atom is -0.404 e. The Morgan fingerprint density at radius 2 is 2.09 bits per heavy atom. The van der Waals surface area contributed by atoms with Crippen molar-refractivity contribution in [3.05, 3.63) is 66.4 Å². The molecule has 0 spiro atoms. The van der Waals surface area contributed by atoms with Crippen molar-refractivity contribution in [1.82, 2.24) is 24.9 Å². The van der Waals surface area contributed by atoms with Gasteiger partial charge >= 0.3 is 0 Å². The van der Waals surface area contributed by atoms with Crippen LogP contribution in [0.15, 0.2) is 58.8 Å². The predicted octanol–water partition coefficient (Wildman–Crippen LogP) is 2.62. The summed E-state index contributed by atoms with van der Waals surface area (Å²) in [7, 11) is 0. The van der Waals surface area contributed by atoms with Crippen LogP contribution in [-0.4, -0.2) is 41.8 Å². The molecule has 5 N–H and O–H groups in total. The smallest absolute Gasteiger partial charge is 0.261 e. The Balaban J connectivity index is 1.61. The second-order valence-electron chi connectivity index (χ2n) is 9.44. The minimum atomic E-state index is -0.879. The molecular formula is C24H30N8O2. The van der Waals surface area contributed by atoms with Crippen molar-refractivity contribution < 1.29 is 9.63 Å². The predicted molar refractivity (Wildman–Crippen MR) is 129 cm³/mol. The monoisotopic (exact) mass is 462 g/mol. The molecule has 3 aromatic heterocycles. The summed E-state index contributed by atoms with van der Waals surface area (Å²) in [4.78, 5) is 13.3. The topological polar surface area (TPSA) is 154 Å². The fourth-order valence-corrected chi connectivity index (χ4v) is 3.94. The van der Waals surface area contributed by atoms with E-state index in [9.17, 15) is 5.11 Å². The molecule has 4 rings (SSSR count). The van der Waals surface area contributed by atoms with E-state index in [4.69, 9.17) is 21.0 Å². The second-order valence-corrected chi connectivity index (χ2v) is 9.44. The van der Waals surface area contributed by atoms with Crippen molar-refractivity contribution >= 4 is 11.8 Å². The van der Waals surface area contributed by atoms with Gasteiger partial charge in [-0.2, -0.15) is 10.1 Å². The number of aromatic nitrogens is 5. The van der Waals surface area contributed by atoms with Crippen molar-refractivity contribution in [2.45, 2.75) is 51.2 Å². The van der Waals surface area contributed by atoms with Crippen LogP contribution >= 0.6 is 0 Å². The van der Waals surface area contributed by atoms with Crippen LogP contribution < -0.4 is 11.5 Å². The molecular weight excluding hydrogens is 432 g/mol. The number of nitrogens with zero attached hydrogens (tertiary/aromatic N) is 6. The first kappa shape index (κ1) is 23.4. The summed E-state index contributed by atoms with van der Waals surface area (Å²) >= 11 is 0. The lowest BCUT2D eigenvalue weighted by atomic mass is 9.77.